The summed E-state index contributed by atoms with van der Waals surface area (Å²) >= 11 is 0. The van der Waals surface area contributed by atoms with E-state index in [1.807, 2.05) is 44.2 Å². The maximum Gasteiger partial charge on any atom is 0.330 e. The average molecular weight is 415 g/mol. The van der Waals surface area contributed by atoms with Gasteiger partial charge in [-0.2, -0.15) is 0 Å². The van der Waals surface area contributed by atoms with Crippen LogP contribution in [0.15, 0.2) is 52.2 Å². The summed E-state index contributed by atoms with van der Waals surface area (Å²) in [7, 11) is 0. The SMILES string of the molecule is CC(C)CNC(=O)[C@@H](Cc1ccccc1)[C@@H]1C[C@@H](CO)O[C@H]1n1ccc(=O)[nH]c1=O. The predicted octanol–water partition coefficient (Wildman–Crippen LogP) is 1.06. The summed E-state index contributed by atoms with van der Waals surface area (Å²) < 4.78 is 7.24. The number of aromatic nitrogens is 2. The number of hydrogen-bond acceptors (Lipinski definition) is 5. The minimum absolute atomic E-state index is 0.109. The van der Waals surface area contributed by atoms with Crippen LogP contribution >= 0.6 is 0 Å². The molecule has 2 aromatic rings. The zero-order valence-electron chi connectivity index (χ0n) is 17.3. The molecule has 1 aliphatic rings. The van der Waals surface area contributed by atoms with E-state index < -0.39 is 29.5 Å². The van der Waals surface area contributed by atoms with Gasteiger partial charge in [-0.15, -0.1) is 0 Å². The van der Waals surface area contributed by atoms with E-state index in [4.69, 9.17) is 4.74 Å². The Labute approximate surface area is 174 Å². The number of amides is 1. The molecule has 162 valence electrons. The lowest BCUT2D eigenvalue weighted by Crippen LogP contribution is -2.41. The standard InChI is InChI=1S/C22H29N3O5/c1-14(2)12-23-20(28)17(10-15-6-4-3-5-7-15)18-11-16(13-26)30-21(18)25-9-8-19(27)24-22(25)29/h3-9,14,16-18,21,26H,10-13H2,1-2H3,(H,23,28)(H,24,27,29)/t16-,17-,18-,21+/m0/s1. The van der Waals surface area contributed by atoms with E-state index in [0.29, 0.717) is 25.3 Å². The third-order valence-corrected chi connectivity index (χ3v) is 5.40. The van der Waals surface area contributed by atoms with Gasteiger partial charge in [-0.05, 0) is 24.3 Å². The first-order valence-electron chi connectivity index (χ1n) is 10.3. The van der Waals surface area contributed by atoms with Gasteiger partial charge in [-0.25, -0.2) is 4.79 Å². The first-order chi connectivity index (χ1) is 14.4. The van der Waals surface area contributed by atoms with Crippen molar-refractivity contribution in [3.63, 3.8) is 0 Å². The molecule has 1 aromatic heterocycles. The fourth-order valence-corrected chi connectivity index (χ4v) is 3.90. The molecule has 0 aliphatic carbocycles. The van der Waals surface area contributed by atoms with Crippen molar-refractivity contribution in [1.82, 2.24) is 14.9 Å². The number of aromatic amines is 1. The number of hydrogen-bond donors (Lipinski definition) is 3. The van der Waals surface area contributed by atoms with Crippen molar-refractivity contribution >= 4 is 5.91 Å². The van der Waals surface area contributed by atoms with Crippen LogP contribution in [-0.4, -0.2) is 39.8 Å². The van der Waals surface area contributed by atoms with Gasteiger partial charge in [-0.3, -0.25) is 19.1 Å². The Morgan fingerprint density at radius 3 is 2.63 bits per heavy atom. The quantitative estimate of drug-likeness (QED) is 0.597. The predicted molar refractivity (Wildman–Crippen MR) is 112 cm³/mol. The average Bonchev–Trinajstić information content (AvgIpc) is 3.15. The summed E-state index contributed by atoms with van der Waals surface area (Å²) in [5, 5.41) is 12.7. The molecule has 1 fully saturated rings. The highest BCUT2D eigenvalue weighted by Crippen LogP contribution is 2.40. The van der Waals surface area contributed by atoms with E-state index in [0.717, 1.165) is 5.56 Å². The number of ether oxygens (including phenoxy) is 1. The summed E-state index contributed by atoms with van der Waals surface area (Å²) in [6.07, 6.45) is 1.04. The second-order valence-corrected chi connectivity index (χ2v) is 8.18. The van der Waals surface area contributed by atoms with Crippen LogP contribution in [0.1, 0.15) is 32.1 Å². The molecule has 3 rings (SSSR count). The Bertz CT molecular complexity index is 953. The largest absolute Gasteiger partial charge is 0.394 e. The molecule has 0 spiro atoms. The second kappa shape index (κ2) is 9.86. The van der Waals surface area contributed by atoms with E-state index in [9.17, 15) is 19.5 Å². The molecule has 0 saturated carbocycles. The van der Waals surface area contributed by atoms with Crippen LogP contribution in [-0.2, 0) is 16.0 Å². The van der Waals surface area contributed by atoms with E-state index in [1.54, 1.807) is 0 Å². The van der Waals surface area contributed by atoms with Crippen LogP contribution in [0.4, 0.5) is 0 Å². The molecule has 30 heavy (non-hydrogen) atoms. The molecule has 0 unspecified atom stereocenters. The Balaban J connectivity index is 1.95. The van der Waals surface area contributed by atoms with Gasteiger partial charge in [0, 0.05) is 30.6 Å². The summed E-state index contributed by atoms with van der Waals surface area (Å²) in [6.45, 7) is 4.38. The minimum Gasteiger partial charge on any atom is -0.394 e. The van der Waals surface area contributed by atoms with Crippen molar-refractivity contribution in [2.45, 2.75) is 39.0 Å². The van der Waals surface area contributed by atoms with Crippen LogP contribution in [0.5, 0.6) is 0 Å². The molecule has 1 saturated heterocycles. The van der Waals surface area contributed by atoms with E-state index in [-0.39, 0.29) is 18.4 Å². The topological polar surface area (TPSA) is 113 Å². The lowest BCUT2D eigenvalue weighted by Gasteiger charge is -2.28. The van der Waals surface area contributed by atoms with Crippen LogP contribution in [0.3, 0.4) is 0 Å². The molecular formula is C22H29N3O5. The number of carbonyl (C=O) groups excluding carboxylic acids is 1. The number of aliphatic hydroxyl groups is 1. The van der Waals surface area contributed by atoms with E-state index in [1.165, 1.54) is 16.8 Å². The van der Waals surface area contributed by atoms with Gasteiger partial charge in [0.1, 0.15) is 6.23 Å². The van der Waals surface area contributed by atoms with Gasteiger partial charge in [0.2, 0.25) is 5.91 Å². The number of nitrogens with one attached hydrogen (secondary N) is 2. The summed E-state index contributed by atoms with van der Waals surface area (Å²) in [5.74, 6) is -0.624. The summed E-state index contributed by atoms with van der Waals surface area (Å²) in [4.78, 5) is 39.3. The van der Waals surface area contributed by atoms with Crippen molar-refractivity contribution in [2.24, 2.45) is 17.8 Å². The maximum atomic E-state index is 13.2. The fourth-order valence-electron chi connectivity index (χ4n) is 3.90. The highest BCUT2D eigenvalue weighted by Gasteiger charge is 2.43. The maximum absolute atomic E-state index is 13.2. The molecule has 8 nitrogen and oxygen atoms in total. The van der Waals surface area contributed by atoms with Gasteiger partial charge in [0.25, 0.3) is 5.56 Å². The molecule has 1 aromatic carbocycles. The number of benzene rings is 1. The van der Waals surface area contributed by atoms with Crippen LogP contribution < -0.4 is 16.6 Å². The molecule has 1 aliphatic heterocycles. The minimum atomic E-state index is -0.759. The van der Waals surface area contributed by atoms with Crippen molar-refractivity contribution in [3.8, 4) is 0 Å². The van der Waals surface area contributed by atoms with Crippen LogP contribution in [0.2, 0.25) is 0 Å². The Hall–Kier alpha value is -2.71. The van der Waals surface area contributed by atoms with E-state index in [2.05, 4.69) is 10.3 Å². The highest BCUT2D eigenvalue weighted by atomic mass is 16.5. The third kappa shape index (κ3) is 5.25. The fraction of sp³-hybridized carbons (Fsp3) is 0.500. The molecule has 4 atom stereocenters. The Kier molecular flexibility index (Phi) is 7.23. The number of nitrogens with zero attached hydrogens (tertiary/aromatic N) is 1. The number of rotatable bonds is 8. The summed E-state index contributed by atoms with van der Waals surface area (Å²) in [5.41, 5.74) is -0.0978. The van der Waals surface area contributed by atoms with Crippen molar-refractivity contribution in [2.75, 3.05) is 13.2 Å². The van der Waals surface area contributed by atoms with Crippen molar-refractivity contribution in [3.05, 3.63) is 69.0 Å². The second-order valence-electron chi connectivity index (χ2n) is 8.18. The molecular weight excluding hydrogens is 386 g/mol. The molecule has 2 heterocycles. The van der Waals surface area contributed by atoms with Gasteiger partial charge in [0.15, 0.2) is 0 Å². The first-order valence-corrected chi connectivity index (χ1v) is 10.3. The van der Waals surface area contributed by atoms with Gasteiger partial charge in [0.05, 0.1) is 12.7 Å². The molecule has 0 radical (unpaired) electrons. The normalized spacial score (nSPS) is 22.2. The van der Waals surface area contributed by atoms with Crippen LogP contribution in [0.25, 0.3) is 0 Å². The van der Waals surface area contributed by atoms with Crippen molar-refractivity contribution in [1.29, 1.82) is 0 Å². The Morgan fingerprint density at radius 1 is 1.27 bits per heavy atom. The van der Waals surface area contributed by atoms with Gasteiger partial charge in [-0.1, -0.05) is 44.2 Å². The zero-order valence-corrected chi connectivity index (χ0v) is 17.3. The highest BCUT2D eigenvalue weighted by molar-refractivity contribution is 5.79. The number of aliphatic hydroxyl groups excluding tert-OH is 1. The third-order valence-electron chi connectivity index (χ3n) is 5.40. The lowest BCUT2D eigenvalue weighted by molar-refractivity contribution is -0.129. The molecule has 8 heteroatoms. The Morgan fingerprint density at radius 2 is 2.00 bits per heavy atom. The van der Waals surface area contributed by atoms with E-state index >= 15 is 0 Å². The molecule has 3 N–H and O–H groups in total. The van der Waals surface area contributed by atoms with Gasteiger partial charge < -0.3 is 15.2 Å². The molecule has 1 amide bonds. The smallest absolute Gasteiger partial charge is 0.330 e. The van der Waals surface area contributed by atoms with Crippen molar-refractivity contribution < 1.29 is 14.6 Å². The molecule has 0 bridgehead atoms. The monoisotopic (exact) mass is 415 g/mol. The number of carbonyl (C=O) groups is 1. The number of H-pyrrole nitrogens is 1. The van der Waals surface area contributed by atoms with Crippen LogP contribution in [0, 0.1) is 17.8 Å². The first kappa shape index (κ1) is 22.0. The van der Waals surface area contributed by atoms with Gasteiger partial charge >= 0.3 is 5.69 Å². The zero-order chi connectivity index (χ0) is 21.7. The summed E-state index contributed by atoms with van der Waals surface area (Å²) in [6, 6.07) is 10.9. The lowest BCUT2D eigenvalue weighted by atomic mass is 9.82.